The molecule has 1 N–H and O–H groups in total. The summed E-state index contributed by atoms with van der Waals surface area (Å²) in [5.41, 5.74) is 4.91. The Morgan fingerprint density at radius 3 is 2.61 bits per heavy atom. The Labute approximate surface area is 217 Å². The van der Waals surface area contributed by atoms with Crippen molar-refractivity contribution >= 4 is 0 Å². The Kier molecular flexibility index (Phi) is 6.98. The summed E-state index contributed by atoms with van der Waals surface area (Å²) < 4.78 is 12.1. The molecule has 36 heavy (non-hydrogen) atoms. The normalized spacial score (nSPS) is 25.0. The van der Waals surface area contributed by atoms with E-state index >= 15 is 0 Å². The second kappa shape index (κ2) is 10.4. The van der Waals surface area contributed by atoms with E-state index in [2.05, 4.69) is 71.4 Å². The van der Waals surface area contributed by atoms with Crippen LogP contribution in [0.2, 0.25) is 0 Å². The highest BCUT2D eigenvalue weighted by atomic mass is 16.5. The molecule has 2 aromatic rings. The third kappa shape index (κ3) is 4.78. The summed E-state index contributed by atoms with van der Waals surface area (Å²) in [6.07, 6.45) is 6.42. The lowest BCUT2D eigenvalue weighted by molar-refractivity contribution is -0.0651. The lowest BCUT2D eigenvalue weighted by atomic mass is 9.60. The van der Waals surface area contributed by atoms with E-state index in [9.17, 15) is 0 Å². The Morgan fingerprint density at radius 1 is 0.972 bits per heavy atom. The van der Waals surface area contributed by atoms with Crippen molar-refractivity contribution in [3.05, 3.63) is 59.2 Å². The van der Waals surface area contributed by atoms with E-state index in [1.54, 1.807) is 0 Å². The zero-order chi connectivity index (χ0) is 24.5. The number of nitrogens with one attached hydrogen (secondary N) is 1. The van der Waals surface area contributed by atoms with Crippen LogP contribution in [-0.2, 0) is 6.54 Å². The molecule has 2 aromatic carbocycles. The largest absolute Gasteiger partial charge is 0.490 e. The van der Waals surface area contributed by atoms with Gasteiger partial charge in [0.25, 0.3) is 0 Å². The second-order valence-electron chi connectivity index (χ2n) is 11.9. The Balaban J connectivity index is 1.24. The predicted octanol–water partition coefficient (Wildman–Crippen LogP) is 5.36. The van der Waals surface area contributed by atoms with E-state index < -0.39 is 0 Å². The van der Waals surface area contributed by atoms with Crippen molar-refractivity contribution in [2.75, 3.05) is 45.9 Å². The SMILES string of the molecule is CC(C)c1ccccc1C1CN(Cc2cccc3c2OCCCO3)CCN1C1CC2(CCNCC2)C1. The third-order valence-electron chi connectivity index (χ3n) is 9.20. The number of hydrogen-bond donors (Lipinski definition) is 1. The minimum absolute atomic E-state index is 0.445. The van der Waals surface area contributed by atoms with Gasteiger partial charge in [0.15, 0.2) is 11.5 Å². The average molecular weight is 490 g/mol. The lowest BCUT2D eigenvalue weighted by Gasteiger charge is -2.57. The van der Waals surface area contributed by atoms with Crippen LogP contribution in [0.5, 0.6) is 11.5 Å². The van der Waals surface area contributed by atoms with Crippen LogP contribution in [0.15, 0.2) is 42.5 Å². The predicted molar refractivity (Wildman–Crippen MR) is 145 cm³/mol. The molecule has 4 aliphatic rings. The highest BCUT2D eigenvalue weighted by Crippen LogP contribution is 2.52. The van der Waals surface area contributed by atoms with E-state index in [0.29, 0.717) is 17.4 Å². The van der Waals surface area contributed by atoms with Gasteiger partial charge in [0, 0.05) is 50.2 Å². The third-order valence-corrected chi connectivity index (χ3v) is 9.20. The molecule has 0 amide bonds. The first-order valence-corrected chi connectivity index (χ1v) is 14.3. The Bertz CT molecular complexity index is 1040. The Hall–Kier alpha value is -2.08. The molecule has 3 fully saturated rings. The van der Waals surface area contributed by atoms with Crippen molar-refractivity contribution in [3.63, 3.8) is 0 Å². The minimum Gasteiger partial charge on any atom is -0.490 e. The lowest BCUT2D eigenvalue weighted by Crippen LogP contribution is -2.59. The number of fused-ring (bicyclic) bond motifs is 1. The van der Waals surface area contributed by atoms with Crippen LogP contribution in [0, 0.1) is 5.41 Å². The van der Waals surface area contributed by atoms with Gasteiger partial charge in [-0.05, 0) is 67.3 Å². The highest BCUT2D eigenvalue weighted by Gasteiger charge is 2.49. The number of piperidine rings is 1. The van der Waals surface area contributed by atoms with E-state index in [4.69, 9.17) is 9.47 Å². The molecule has 1 saturated carbocycles. The molecule has 6 rings (SSSR count). The van der Waals surface area contributed by atoms with Gasteiger partial charge in [0.1, 0.15) is 0 Å². The summed E-state index contributed by atoms with van der Waals surface area (Å²) in [7, 11) is 0. The van der Waals surface area contributed by atoms with E-state index in [0.717, 1.165) is 63.4 Å². The smallest absolute Gasteiger partial charge is 0.165 e. The summed E-state index contributed by atoms with van der Waals surface area (Å²) in [5, 5.41) is 3.57. The number of ether oxygens (including phenoxy) is 2. The van der Waals surface area contributed by atoms with Crippen LogP contribution in [-0.4, -0.2) is 61.8 Å². The zero-order valence-electron chi connectivity index (χ0n) is 22.2. The van der Waals surface area contributed by atoms with Gasteiger partial charge in [-0.2, -0.15) is 0 Å². The van der Waals surface area contributed by atoms with E-state index in [1.807, 2.05) is 0 Å². The van der Waals surface area contributed by atoms with Crippen LogP contribution in [0.1, 0.15) is 74.6 Å². The quantitative estimate of drug-likeness (QED) is 0.612. The second-order valence-corrected chi connectivity index (χ2v) is 11.9. The molecule has 194 valence electrons. The molecule has 2 saturated heterocycles. The summed E-state index contributed by atoms with van der Waals surface area (Å²) in [4.78, 5) is 5.54. The molecule has 1 spiro atoms. The van der Waals surface area contributed by atoms with E-state index in [1.165, 1.54) is 55.5 Å². The standard InChI is InChI=1S/C31H43N3O2/c1-23(2)26-8-3-4-9-27(26)28-22-33(21-24-7-5-10-29-30(24)36-18-6-17-35-29)15-16-34(28)25-19-31(20-25)11-13-32-14-12-31/h3-5,7-10,23,25,28,32H,6,11-22H2,1-2H3. The van der Waals surface area contributed by atoms with Gasteiger partial charge in [-0.25, -0.2) is 0 Å². The number of para-hydroxylation sites is 1. The molecule has 1 aliphatic carbocycles. The van der Waals surface area contributed by atoms with Crippen LogP contribution in [0.25, 0.3) is 0 Å². The molecule has 0 radical (unpaired) electrons. The number of benzene rings is 2. The van der Waals surface area contributed by atoms with Crippen LogP contribution < -0.4 is 14.8 Å². The fourth-order valence-corrected chi connectivity index (χ4v) is 7.21. The van der Waals surface area contributed by atoms with Crippen molar-refractivity contribution < 1.29 is 9.47 Å². The first kappa shape index (κ1) is 24.3. The van der Waals surface area contributed by atoms with Crippen LogP contribution in [0.4, 0.5) is 0 Å². The van der Waals surface area contributed by atoms with Crippen molar-refractivity contribution in [1.29, 1.82) is 0 Å². The van der Waals surface area contributed by atoms with Crippen molar-refractivity contribution in [2.24, 2.45) is 5.41 Å². The van der Waals surface area contributed by atoms with Crippen molar-refractivity contribution in [3.8, 4) is 11.5 Å². The molecule has 1 atom stereocenters. The monoisotopic (exact) mass is 489 g/mol. The number of nitrogens with zero attached hydrogens (tertiary/aromatic N) is 2. The molecular formula is C31H43N3O2. The van der Waals surface area contributed by atoms with Crippen LogP contribution in [0.3, 0.4) is 0 Å². The molecule has 0 aromatic heterocycles. The molecule has 1 unspecified atom stereocenters. The molecule has 0 bridgehead atoms. The summed E-state index contributed by atoms with van der Waals surface area (Å²) in [6.45, 7) is 12.8. The van der Waals surface area contributed by atoms with Gasteiger partial charge in [-0.1, -0.05) is 50.2 Å². The van der Waals surface area contributed by atoms with Gasteiger partial charge in [0.05, 0.1) is 13.2 Å². The molecule has 5 heteroatoms. The topological polar surface area (TPSA) is 37.0 Å². The first-order chi connectivity index (χ1) is 17.6. The van der Waals surface area contributed by atoms with Crippen LogP contribution >= 0.6 is 0 Å². The fourth-order valence-electron chi connectivity index (χ4n) is 7.21. The minimum atomic E-state index is 0.445. The van der Waals surface area contributed by atoms with Crippen molar-refractivity contribution in [2.45, 2.75) is 70.5 Å². The van der Waals surface area contributed by atoms with Gasteiger partial charge in [0.2, 0.25) is 0 Å². The molecule has 3 heterocycles. The van der Waals surface area contributed by atoms with Gasteiger partial charge in [-0.15, -0.1) is 0 Å². The fraction of sp³-hybridized carbons (Fsp3) is 0.613. The Morgan fingerprint density at radius 2 is 1.78 bits per heavy atom. The van der Waals surface area contributed by atoms with Gasteiger partial charge in [-0.3, -0.25) is 9.80 Å². The molecule has 3 aliphatic heterocycles. The summed E-state index contributed by atoms with van der Waals surface area (Å²) >= 11 is 0. The number of hydrogen-bond acceptors (Lipinski definition) is 5. The van der Waals surface area contributed by atoms with Gasteiger partial charge >= 0.3 is 0 Å². The van der Waals surface area contributed by atoms with Gasteiger partial charge < -0.3 is 14.8 Å². The molecular weight excluding hydrogens is 446 g/mol. The number of piperazine rings is 1. The maximum atomic E-state index is 6.17. The number of rotatable bonds is 5. The maximum absolute atomic E-state index is 6.17. The van der Waals surface area contributed by atoms with Crippen molar-refractivity contribution in [1.82, 2.24) is 15.1 Å². The first-order valence-electron chi connectivity index (χ1n) is 14.3. The van der Waals surface area contributed by atoms with E-state index in [-0.39, 0.29) is 0 Å². The molecule has 5 nitrogen and oxygen atoms in total. The average Bonchev–Trinajstić information content (AvgIpc) is 3.14. The maximum Gasteiger partial charge on any atom is 0.165 e. The zero-order valence-corrected chi connectivity index (χ0v) is 22.2. The summed E-state index contributed by atoms with van der Waals surface area (Å²) in [5.74, 6) is 2.40. The summed E-state index contributed by atoms with van der Waals surface area (Å²) in [6, 6.07) is 16.8. The highest BCUT2D eigenvalue weighted by molar-refractivity contribution is 5.47.